The summed E-state index contributed by atoms with van der Waals surface area (Å²) in [5, 5.41) is 2.68. The van der Waals surface area contributed by atoms with Gasteiger partial charge in [-0.15, -0.1) is 11.8 Å². The lowest BCUT2D eigenvalue weighted by molar-refractivity contribution is -0.115. The SMILES string of the molecule is CC[C@@H]1Sc2ccc(S(=O)(=O)Nc3c(C)cc(C)cc3C)cc2NC1=O. The Labute approximate surface area is 158 Å². The third kappa shape index (κ3) is 3.59. The van der Waals surface area contributed by atoms with Crippen LogP contribution in [0.15, 0.2) is 40.1 Å². The number of carbonyl (C=O) groups is 1. The summed E-state index contributed by atoms with van der Waals surface area (Å²) in [6.45, 7) is 7.70. The Balaban J connectivity index is 1.94. The van der Waals surface area contributed by atoms with Gasteiger partial charge in [-0.25, -0.2) is 8.42 Å². The summed E-state index contributed by atoms with van der Waals surface area (Å²) in [6.07, 6.45) is 0.726. The van der Waals surface area contributed by atoms with Gasteiger partial charge in [0.25, 0.3) is 10.0 Å². The van der Waals surface area contributed by atoms with Gasteiger partial charge in [-0.2, -0.15) is 0 Å². The van der Waals surface area contributed by atoms with Gasteiger partial charge in [-0.3, -0.25) is 9.52 Å². The number of amides is 1. The summed E-state index contributed by atoms with van der Waals surface area (Å²) < 4.78 is 28.4. The first-order valence-electron chi connectivity index (χ1n) is 8.43. The molecule has 1 heterocycles. The molecular formula is C19H22N2O3S2. The zero-order valence-electron chi connectivity index (χ0n) is 15.2. The number of carbonyl (C=O) groups excluding carboxylic acids is 1. The van der Waals surface area contributed by atoms with Crippen LogP contribution in [0.25, 0.3) is 0 Å². The van der Waals surface area contributed by atoms with Gasteiger partial charge < -0.3 is 5.32 Å². The Hall–Kier alpha value is -1.99. The van der Waals surface area contributed by atoms with Gasteiger partial charge in [0.1, 0.15) is 0 Å². The van der Waals surface area contributed by atoms with Crippen molar-refractivity contribution in [3.05, 3.63) is 47.0 Å². The van der Waals surface area contributed by atoms with Crippen LogP contribution in [-0.2, 0) is 14.8 Å². The lowest BCUT2D eigenvalue weighted by atomic mass is 10.1. The molecule has 2 aromatic rings. The molecule has 0 spiro atoms. The van der Waals surface area contributed by atoms with Gasteiger partial charge in [-0.05, 0) is 56.5 Å². The monoisotopic (exact) mass is 390 g/mol. The number of anilines is 2. The molecule has 3 rings (SSSR count). The van der Waals surface area contributed by atoms with Crippen LogP contribution in [0.4, 0.5) is 11.4 Å². The van der Waals surface area contributed by atoms with Crippen LogP contribution < -0.4 is 10.0 Å². The van der Waals surface area contributed by atoms with E-state index in [1.807, 2.05) is 39.8 Å². The van der Waals surface area contributed by atoms with E-state index in [2.05, 4.69) is 10.0 Å². The maximum atomic E-state index is 12.8. The number of rotatable bonds is 4. The van der Waals surface area contributed by atoms with Crippen LogP contribution in [0.5, 0.6) is 0 Å². The number of aryl methyl sites for hydroxylation is 3. The second-order valence-corrected chi connectivity index (χ2v) is 9.47. The van der Waals surface area contributed by atoms with E-state index < -0.39 is 10.0 Å². The second kappa shape index (κ2) is 6.96. The maximum Gasteiger partial charge on any atom is 0.261 e. The molecule has 0 unspecified atom stereocenters. The van der Waals surface area contributed by atoms with Crippen LogP contribution in [0.3, 0.4) is 0 Å². The highest BCUT2D eigenvalue weighted by Crippen LogP contribution is 2.38. The fraction of sp³-hybridized carbons (Fsp3) is 0.316. The molecule has 0 aromatic heterocycles. The first-order valence-corrected chi connectivity index (χ1v) is 10.8. The Morgan fingerprint density at radius 1 is 1.12 bits per heavy atom. The lowest BCUT2D eigenvalue weighted by Gasteiger charge is -2.23. The molecule has 1 aliphatic heterocycles. The fourth-order valence-electron chi connectivity index (χ4n) is 3.10. The minimum Gasteiger partial charge on any atom is -0.324 e. The summed E-state index contributed by atoms with van der Waals surface area (Å²) in [7, 11) is -3.75. The quantitative estimate of drug-likeness (QED) is 0.819. The molecule has 0 aliphatic carbocycles. The molecule has 0 radical (unpaired) electrons. The minimum absolute atomic E-state index is 0.0854. The Kier molecular flexibility index (Phi) is 5.03. The highest BCUT2D eigenvalue weighted by atomic mass is 32.2. The number of benzene rings is 2. The maximum absolute atomic E-state index is 12.8. The Bertz CT molecular complexity index is 961. The first-order chi connectivity index (χ1) is 12.2. The van der Waals surface area contributed by atoms with Gasteiger partial charge in [-0.1, -0.05) is 24.6 Å². The molecule has 1 atom stereocenters. The largest absolute Gasteiger partial charge is 0.324 e. The van der Waals surface area contributed by atoms with Crippen molar-refractivity contribution in [3.8, 4) is 0 Å². The molecule has 5 nitrogen and oxygen atoms in total. The van der Waals surface area contributed by atoms with Crippen molar-refractivity contribution in [3.63, 3.8) is 0 Å². The highest BCUT2D eigenvalue weighted by Gasteiger charge is 2.27. The van der Waals surface area contributed by atoms with Gasteiger partial charge in [0.2, 0.25) is 5.91 Å². The molecular weight excluding hydrogens is 368 g/mol. The van der Waals surface area contributed by atoms with Gasteiger partial charge >= 0.3 is 0 Å². The molecule has 1 aliphatic rings. The average molecular weight is 391 g/mol. The summed E-state index contributed by atoms with van der Waals surface area (Å²) in [5.74, 6) is -0.0854. The third-order valence-electron chi connectivity index (χ3n) is 4.37. The Morgan fingerprint density at radius 3 is 2.38 bits per heavy atom. The lowest BCUT2D eigenvalue weighted by Crippen LogP contribution is -2.28. The van der Waals surface area contributed by atoms with E-state index in [-0.39, 0.29) is 16.1 Å². The number of thioether (sulfide) groups is 1. The molecule has 0 saturated heterocycles. The van der Waals surface area contributed by atoms with Gasteiger partial charge in [0, 0.05) is 4.90 Å². The summed E-state index contributed by atoms with van der Waals surface area (Å²) in [4.78, 5) is 13.1. The molecule has 138 valence electrons. The van der Waals surface area contributed by atoms with Crippen molar-refractivity contribution in [1.29, 1.82) is 0 Å². The predicted octanol–water partition coefficient (Wildman–Crippen LogP) is 4.24. The van der Waals surface area contributed by atoms with Crippen LogP contribution >= 0.6 is 11.8 Å². The zero-order valence-corrected chi connectivity index (χ0v) is 16.8. The summed E-state index contributed by atoms with van der Waals surface area (Å²) >= 11 is 1.47. The molecule has 1 amide bonds. The third-order valence-corrected chi connectivity index (χ3v) is 7.15. The summed E-state index contributed by atoms with van der Waals surface area (Å²) in [6, 6.07) is 8.75. The van der Waals surface area contributed by atoms with Crippen molar-refractivity contribution in [2.75, 3.05) is 10.0 Å². The van der Waals surface area contributed by atoms with E-state index in [4.69, 9.17) is 0 Å². The highest BCUT2D eigenvalue weighted by molar-refractivity contribution is 8.01. The second-order valence-electron chi connectivity index (χ2n) is 6.54. The zero-order chi connectivity index (χ0) is 19.1. The van der Waals surface area contributed by atoms with E-state index >= 15 is 0 Å². The minimum atomic E-state index is -3.75. The predicted molar refractivity (Wildman–Crippen MR) is 106 cm³/mol. The average Bonchev–Trinajstić information content (AvgIpc) is 2.57. The number of hydrogen-bond donors (Lipinski definition) is 2. The smallest absolute Gasteiger partial charge is 0.261 e. The van der Waals surface area contributed by atoms with Crippen molar-refractivity contribution < 1.29 is 13.2 Å². The first kappa shape index (κ1) is 18.8. The van der Waals surface area contributed by atoms with E-state index in [0.717, 1.165) is 28.0 Å². The molecule has 2 N–H and O–H groups in total. The van der Waals surface area contributed by atoms with Crippen molar-refractivity contribution in [2.45, 2.75) is 49.2 Å². The summed E-state index contributed by atoms with van der Waals surface area (Å²) in [5.41, 5.74) is 3.97. The molecule has 0 saturated carbocycles. The normalized spacial score (nSPS) is 16.8. The number of hydrogen-bond acceptors (Lipinski definition) is 4. The van der Waals surface area contributed by atoms with Crippen molar-refractivity contribution in [2.24, 2.45) is 0 Å². The molecule has 0 bridgehead atoms. The number of fused-ring (bicyclic) bond motifs is 1. The fourth-order valence-corrected chi connectivity index (χ4v) is 5.35. The van der Waals surface area contributed by atoms with Crippen LogP contribution in [-0.4, -0.2) is 19.6 Å². The molecule has 2 aromatic carbocycles. The van der Waals surface area contributed by atoms with Crippen molar-refractivity contribution >= 4 is 39.1 Å². The Morgan fingerprint density at radius 2 is 1.77 bits per heavy atom. The van der Waals surface area contributed by atoms with E-state index in [1.165, 1.54) is 17.8 Å². The van der Waals surface area contributed by atoms with Crippen LogP contribution in [0.2, 0.25) is 0 Å². The van der Waals surface area contributed by atoms with E-state index in [1.54, 1.807) is 12.1 Å². The van der Waals surface area contributed by atoms with Crippen LogP contribution in [0, 0.1) is 20.8 Å². The number of sulfonamides is 1. The van der Waals surface area contributed by atoms with E-state index in [0.29, 0.717) is 11.4 Å². The molecule has 26 heavy (non-hydrogen) atoms. The number of nitrogens with one attached hydrogen (secondary N) is 2. The van der Waals surface area contributed by atoms with E-state index in [9.17, 15) is 13.2 Å². The van der Waals surface area contributed by atoms with Crippen LogP contribution in [0.1, 0.15) is 30.0 Å². The topological polar surface area (TPSA) is 75.3 Å². The van der Waals surface area contributed by atoms with Gasteiger partial charge in [0.05, 0.1) is 21.5 Å². The van der Waals surface area contributed by atoms with Crippen molar-refractivity contribution in [1.82, 2.24) is 0 Å². The molecule has 0 fully saturated rings. The standard InChI is InChI=1S/C19H22N2O3S2/c1-5-16-19(22)20-15-10-14(6-7-17(15)25-16)26(23,24)21-18-12(3)8-11(2)9-13(18)4/h6-10,16,21H,5H2,1-4H3,(H,20,22)/t16-/m0/s1. The van der Waals surface area contributed by atoms with Gasteiger partial charge in [0.15, 0.2) is 0 Å². The molecule has 7 heteroatoms.